The Hall–Kier alpha value is -3.26. The maximum Gasteiger partial charge on any atom is 0.338 e. The highest BCUT2D eigenvalue weighted by Gasteiger charge is 2.08. The SMILES string of the molecule is CCOC(=O)c1ccc2cnc(CCc3ccc(C#N)cc3)nc2c1. The molecule has 0 aliphatic rings. The van der Waals surface area contributed by atoms with Crippen molar-refractivity contribution in [2.75, 3.05) is 6.61 Å². The summed E-state index contributed by atoms with van der Waals surface area (Å²) in [6.45, 7) is 2.12. The van der Waals surface area contributed by atoms with E-state index in [1.54, 1.807) is 25.3 Å². The van der Waals surface area contributed by atoms with Crippen LogP contribution in [0.4, 0.5) is 0 Å². The lowest BCUT2D eigenvalue weighted by Crippen LogP contribution is -2.05. The maximum absolute atomic E-state index is 11.8. The van der Waals surface area contributed by atoms with Gasteiger partial charge in [0.2, 0.25) is 0 Å². The number of esters is 1. The number of hydrogen-bond donors (Lipinski definition) is 0. The first-order chi connectivity index (χ1) is 12.2. The monoisotopic (exact) mass is 331 g/mol. The van der Waals surface area contributed by atoms with E-state index in [0.29, 0.717) is 24.2 Å². The van der Waals surface area contributed by atoms with Crippen molar-refractivity contribution in [1.82, 2.24) is 9.97 Å². The Labute approximate surface area is 145 Å². The number of carbonyl (C=O) groups is 1. The van der Waals surface area contributed by atoms with E-state index in [1.807, 2.05) is 30.3 Å². The largest absolute Gasteiger partial charge is 0.462 e. The summed E-state index contributed by atoms with van der Waals surface area (Å²) in [5.74, 6) is 0.375. The number of rotatable bonds is 5. The molecule has 124 valence electrons. The standard InChI is InChI=1S/C20H17N3O2/c1-2-25-20(24)16-8-9-17-13-22-19(23-18(17)11-16)10-7-14-3-5-15(12-21)6-4-14/h3-6,8-9,11,13H,2,7,10H2,1H3. The van der Waals surface area contributed by atoms with E-state index in [-0.39, 0.29) is 5.97 Å². The molecule has 0 saturated heterocycles. The van der Waals surface area contributed by atoms with Crippen molar-refractivity contribution in [2.45, 2.75) is 19.8 Å². The molecule has 3 aromatic rings. The van der Waals surface area contributed by atoms with Crippen molar-refractivity contribution < 1.29 is 9.53 Å². The van der Waals surface area contributed by atoms with Crippen LogP contribution >= 0.6 is 0 Å². The van der Waals surface area contributed by atoms with E-state index < -0.39 is 0 Å². The zero-order chi connectivity index (χ0) is 17.6. The Morgan fingerprint density at radius 2 is 1.96 bits per heavy atom. The quantitative estimate of drug-likeness (QED) is 0.669. The fraction of sp³-hybridized carbons (Fsp3) is 0.200. The number of fused-ring (bicyclic) bond motifs is 1. The molecule has 25 heavy (non-hydrogen) atoms. The normalized spacial score (nSPS) is 10.4. The molecule has 0 bridgehead atoms. The van der Waals surface area contributed by atoms with Crippen molar-refractivity contribution in [3.05, 3.63) is 71.2 Å². The number of hydrogen-bond acceptors (Lipinski definition) is 5. The molecule has 0 N–H and O–H groups in total. The highest BCUT2D eigenvalue weighted by atomic mass is 16.5. The second-order valence-corrected chi connectivity index (χ2v) is 5.59. The van der Waals surface area contributed by atoms with E-state index in [4.69, 9.17) is 10.00 Å². The number of nitrogens with zero attached hydrogens (tertiary/aromatic N) is 3. The average Bonchev–Trinajstić information content (AvgIpc) is 2.66. The van der Waals surface area contributed by atoms with Crippen molar-refractivity contribution in [1.29, 1.82) is 5.26 Å². The highest BCUT2D eigenvalue weighted by molar-refractivity contribution is 5.94. The minimum absolute atomic E-state index is 0.344. The van der Waals surface area contributed by atoms with Gasteiger partial charge in [0.25, 0.3) is 0 Å². The summed E-state index contributed by atoms with van der Waals surface area (Å²) in [6.07, 6.45) is 3.24. The van der Waals surface area contributed by atoms with Gasteiger partial charge >= 0.3 is 5.97 Å². The Bertz CT molecular complexity index is 943. The van der Waals surface area contributed by atoms with Crippen LogP contribution in [-0.2, 0) is 17.6 Å². The predicted molar refractivity (Wildman–Crippen MR) is 94.1 cm³/mol. The van der Waals surface area contributed by atoms with Crippen LogP contribution < -0.4 is 0 Å². The van der Waals surface area contributed by atoms with Crippen molar-refractivity contribution in [3.63, 3.8) is 0 Å². The summed E-state index contributed by atoms with van der Waals surface area (Å²) < 4.78 is 5.03. The molecule has 0 atom stereocenters. The summed E-state index contributed by atoms with van der Waals surface area (Å²) in [5, 5.41) is 9.71. The number of nitriles is 1. The van der Waals surface area contributed by atoms with Crippen molar-refractivity contribution in [2.24, 2.45) is 0 Å². The van der Waals surface area contributed by atoms with E-state index in [1.165, 1.54) is 0 Å². The molecule has 2 aromatic carbocycles. The molecule has 0 saturated carbocycles. The van der Waals surface area contributed by atoms with Gasteiger partial charge in [-0.2, -0.15) is 5.26 Å². The Morgan fingerprint density at radius 1 is 1.16 bits per heavy atom. The third-order valence-corrected chi connectivity index (χ3v) is 3.86. The van der Waals surface area contributed by atoms with E-state index in [9.17, 15) is 4.79 Å². The number of benzene rings is 2. The minimum atomic E-state index is -0.345. The van der Waals surface area contributed by atoms with Crippen LogP contribution in [0.3, 0.4) is 0 Å². The molecule has 3 rings (SSSR count). The summed E-state index contributed by atoms with van der Waals surface area (Å²) in [7, 11) is 0. The predicted octanol–water partition coefficient (Wildman–Crippen LogP) is 3.46. The first kappa shape index (κ1) is 16.6. The van der Waals surface area contributed by atoms with Gasteiger partial charge in [0.05, 0.1) is 29.3 Å². The molecule has 0 fully saturated rings. The lowest BCUT2D eigenvalue weighted by Gasteiger charge is -2.05. The van der Waals surface area contributed by atoms with Gasteiger partial charge in [-0.15, -0.1) is 0 Å². The number of aromatic nitrogens is 2. The molecule has 0 aliphatic carbocycles. The Morgan fingerprint density at radius 3 is 2.68 bits per heavy atom. The van der Waals surface area contributed by atoms with Gasteiger partial charge in [0.15, 0.2) is 0 Å². The van der Waals surface area contributed by atoms with Crippen LogP contribution in [0.2, 0.25) is 0 Å². The number of ether oxygens (including phenoxy) is 1. The molecule has 0 spiro atoms. The second kappa shape index (κ2) is 7.54. The molecule has 0 unspecified atom stereocenters. The van der Waals surface area contributed by atoms with Crippen LogP contribution in [0, 0.1) is 11.3 Å². The minimum Gasteiger partial charge on any atom is -0.462 e. The smallest absolute Gasteiger partial charge is 0.338 e. The van der Waals surface area contributed by atoms with Crippen molar-refractivity contribution in [3.8, 4) is 6.07 Å². The highest BCUT2D eigenvalue weighted by Crippen LogP contribution is 2.15. The first-order valence-corrected chi connectivity index (χ1v) is 8.11. The Kier molecular flexibility index (Phi) is 5.00. The third-order valence-electron chi connectivity index (χ3n) is 3.86. The first-order valence-electron chi connectivity index (χ1n) is 8.11. The summed E-state index contributed by atoms with van der Waals surface area (Å²) in [6, 6.07) is 14.9. The lowest BCUT2D eigenvalue weighted by atomic mass is 10.1. The molecule has 0 amide bonds. The van der Waals surface area contributed by atoms with Crippen molar-refractivity contribution >= 4 is 16.9 Å². The summed E-state index contributed by atoms with van der Waals surface area (Å²) >= 11 is 0. The molecule has 0 radical (unpaired) electrons. The topological polar surface area (TPSA) is 75.9 Å². The molecule has 1 heterocycles. The van der Waals surface area contributed by atoms with E-state index in [0.717, 1.165) is 28.7 Å². The van der Waals surface area contributed by atoms with Gasteiger partial charge < -0.3 is 4.74 Å². The molecule has 0 aliphatic heterocycles. The van der Waals surface area contributed by atoms with E-state index in [2.05, 4.69) is 16.0 Å². The van der Waals surface area contributed by atoms with Gasteiger partial charge in [-0.25, -0.2) is 14.8 Å². The van der Waals surface area contributed by atoms with Gasteiger partial charge in [-0.1, -0.05) is 18.2 Å². The number of aryl methyl sites for hydroxylation is 2. The summed E-state index contributed by atoms with van der Waals surface area (Å²) in [5.41, 5.74) is 3.00. The molecule has 5 heteroatoms. The van der Waals surface area contributed by atoms with Crippen LogP contribution in [0.25, 0.3) is 10.9 Å². The van der Waals surface area contributed by atoms with Gasteiger partial charge in [0, 0.05) is 18.0 Å². The molecule has 1 aromatic heterocycles. The zero-order valence-corrected chi connectivity index (χ0v) is 13.9. The van der Waals surface area contributed by atoms with Gasteiger partial charge in [0.1, 0.15) is 5.82 Å². The lowest BCUT2D eigenvalue weighted by molar-refractivity contribution is 0.0526. The van der Waals surface area contributed by atoms with Gasteiger partial charge in [-0.05, 0) is 43.2 Å². The summed E-state index contributed by atoms with van der Waals surface area (Å²) in [4.78, 5) is 20.8. The fourth-order valence-electron chi connectivity index (χ4n) is 2.53. The molecule has 5 nitrogen and oxygen atoms in total. The zero-order valence-electron chi connectivity index (χ0n) is 13.9. The van der Waals surface area contributed by atoms with Crippen LogP contribution in [0.15, 0.2) is 48.7 Å². The van der Waals surface area contributed by atoms with Crippen LogP contribution in [-0.4, -0.2) is 22.5 Å². The molecular weight excluding hydrogens is 314 g/mol. The number of carbonyl (C=O) groups excluding carboxylic acids is 1. The second-order valence-electron chi connectivity index (χ2n) is 5.59. The van der Waals surface area contributed by atoms with Crippen LogP contribution in [0.5, 0.6) is 0 Å². The average molecular weight is 331 g/mol. The van der Waals surface area contributed by atoms with E-state index >= 15 is 0 Å². The third kappa shape index (κ3) is 3.99. The van der Waals surface area contributed by atoms with Crippen LogP contribution in [0.1, 0.15) is 34.2 Å². The Balaban J connectivity index is 1.77. The van der Waals surface area contributed by atoms with Gasteiger partial charge in [-0.3, -0.25) is 0 Å². The maximum atomic E-state index is 11.8. The molecular formula is C20H17N3O2. The fourth-order valence-corrected chi connectivity index (χ4v) is 2.53.